The Bertz CT molecular complexity index is 841. The zero-order valence-electron chi connectivity index (χ0n) is 19.3. The van der Waals surface area contributed by atoms with Crippen molar-refractivity contribution in [1.29, 1.82) is 0 Å². The number of fused-ring (bicyclic) bond motifs is 2. The van der Waals surface area contributed by atoms with Crippen LogP contribution >= 0.6 is 0 Å². The Kier molecular flexibility index (Phi) is 5.19. The first-order valence-corrected chi connectivity index (χ1v) is 11.4. The van der Waals surface area contributed by atoms with E-state index in [1.165, 1.54) is 17.5 Å². The van der Waals surface area contributed by atoms with Crippen molar-refractivity contribution in [3.05, 3.63) is 42.0 Å². The summed E-state index contributed by atoms with van der Waals surface area (Å²) in [5.41, 5.74) is 2.33. The van der Waals surface area contributed by atoms with Crippen LogP contribution in [0.15, 0.2) is 30.9 Å². The Morgan fingerprint density at radius 1 is 1.33 bits per heavy atom. The maximum atomic E-state index is 13.5. The van der Waals surface area contributed by atoms with Crippen LogP contribution in [0.4, 0.5) is 4.79 Å². The molecule has 1 aliphatic heterocycles. The highest BCUT2D eigenvalue weighted by atomic mass is 16.6. The number of rotatable bonds is 3. The lowest BCUT2D eigenvalue weighted by Gasteiger charge is -2.64. The Morgan fingerprint density at radius 2 is 2.10 bits per heavy atom. The number of amides is 1. The highest BCUT2D eigenvalue weighted by Crippen LogP contribution is 2.67. The molecular weight excluding hydrogens is 374 g/mol. The Labute approximate surface area is 181 Å². The molecule has 1 saturated carbocycles. The number of hydrogen-bond donors (Lipinski definition) is 0. The van der Waals surface area contributed by atoms with Crippen molar-refractivity contribution < 1.29 is 14.3 Å². The third-order valence-electron chi connectivity index (χ3n) is 8.04. The number of nitrogens with zero attached hydrogens (tertiary/aromatic N) is 1. The van der Waals surface area contributed by atoms with E-state index < -0.39 is 5.60 Å². The van der Waals surface area contributed by atoms with Crippen molar-refractivity contribution in [3.63, 3.8) is 0 Å². The number of piperidine rings is 1. The zero-order chi connectivity index (χ0) is 21.7. The molecule has 1 saturated heterocycles. The van der Waals surface area contributed by atoms with E-state index >= 15 is 0 Å². The summed E-state index contributed by atoms with van der Waals surface area (Å²) in [5.74, 6) is 1.31. The molecule has 164 valence electrons. The molecule has 2 fully saturated rings. The van der Waals surface area contributed by atoms with Crippen LogP contribution in [0.5, 0.6) is 5.75 Å². The third kappa shape index (κ3) is 3.23. The second-order valence-corrected chi connectivity index (χ2v) is 10.8. The Hall–Kier alpha value is -1.97. The van der Waals surface area contributed by atoms with Gasteiger partial charge in [-0.05, 0) is 92.9 Å². The van der Waals surface area contributed by atoms with Crippen LogP contribution in [0.25, 0.3) is 0 Å². The molecule has 0 spiro atoms. The third-order valence-corrected chi connectivity index (χ3v) is 8.04. The first kappa shape index (κ1) is 21.3. The molecule has 1 amide bonds. The van der Waals surface area contributed by atoms with Crippen molar-refractivity contribution in [3.8, 4) is 5.75 Å². The average molecular weight is 412 g/mol. The standard InChI is InChI=1S/C26H37NO3/c1-7-13-26-15-12-18-16-19(29-6)10-11-20(18)22-21(26)9-8-14-25(26,5)17-27(22)23(28)30-24(2,3)4/h7,10-11,16,21-22H,1,8-9,12-15,17H2,2-6H3. The summed E-state index contributed by atoms with van der Waals surface area (Å²) >= 11 is 0. The smallest absolute Gasteiger partial charge is 0.410 e. The summed E-state index contributed by atoms with van der Waals surface area (Å²) in [5, 5.41) is 0. The Morgan fingerprint density at radius 3 is 2.77 bits per heavy atom. The molecule has 4 atom stereocenters. The fourth-order valence-corrected chi connectivity index (χ4v) is 6.77. The van der Waals surface area contributed by atoms with Crippen LogP contribution in [-0.2, 0) is 11.2 Å². The van der Waals surface area contributed by atoms with Gasteiger partial charge in [0, 0.05) is 6.54 Å². The number of hydrogen-bond acceptors (Lipinski definition) is 3. The molecule has 1 heterocycles. The average Bonchev–Trinajstić information content (AvgIpc) is 2.77. The quantitative estimate of drug-likeness (QED) is 0.548. The molecule has 1 aromatic rings. The van der Waals surface area contributed by atoms with Gasteiger partial charge in [-0.3, -0.25) is 0 Å². The van der Waals surface area contributed by atoms with Gasteiger partial charge in [0.25, 0.3) is 0 Å². The lowest BCUT2D eigenvalue weighted by atomic mass is 9.46. The second-order valence-electron chi connectivity index (χ2n) is 10.8. The molecule has 3 aliphatic rings. The normalized spacial score (nSPS) is 32.6. The van der Waals surface area contributed by atoms with Gasteiger partial charge in [0.1, 0.15) is 11.4 Å². The second kappa shape index (κ2) is 7.32. The van der Waals surface area contributed by atoms with Gasteiger partial charge in [-0.1, -0.05) is 25.5 Å². The summed E-state index contributed by atoms with van der Waals surface area (Å²) in [6.45, 7) is 13.2. The molecule has 4 heteroatoms. The van der Waals surface area contributed by atoms with Gasteiger partial charge in [-0.15, -0.1) is 6.58 Å². The van der Waals surface area contributed by atoms with Gasteiger partial charge >= 0.3 is 6.09 Å². The molecule has 1 aromatic carbocycles. The van der Waals surface area contributed by atoms with Gasteiger partial charge in [-0.2, -0.15) is 0 Å². The van der Waals surface area contributed by atoms with E-state index in [1.54, 1.807) is 7.11 Å². The molecular formula is C26H37NO3. The van der Waals surface area contributed by atoms with Gasteiger partial charge in [-0.25, -0.2) is 4.79 Å². The van der Waals surface area contributed by atoms with Crippen molar-refractivity contribution >= 4 is 6.09 Å². The molecule has 4 rings (SSSR count). The van der Waals surface area contributed by atoms with Crippen LogP contribution in [0, 0.1) is 16.7 Å². The minimum Gasteiger partial charge on any atom is -0.497 e. The van der Waals surface area contributed by atoms with Gasteiger partial charge in [0.15, 0.2) is 0 Å². The van der Waals surface area contributed by atoms with E-state index in [4.69, 9.17) is 9.47 Å². The molecule has 0 aromatic heterocycles. The fourth-order valence-electron chi connectivity index (χ4n) is 6.77. The number of benzene rings is 1. The van der Waals surface area contributed by atoms with Crippen molar-refractivity contribution in [2.24, 2.45) is 16.7 Å². The monoisotopic (exact) mass is 411 g/mol. The van der Waals surface area contributed by atoms with Crippen LogP contribution in [0.3, 0.4) is 0 Å². The zero-order valence-corrected chi connectivity index (χ0v) is 19.3. The van der Waals surface area contributed by atoms with Gasteiger partial charge in [0.2, 0.25) is 0 Å². The molecule has 0 N–H and O–H groups in total. The minimum atomic E-state index is -0.504. The highest BCUT2D eigenvalue weighted by Gasteiger charge is 2.63. The SMILES string of the molecule is C=CCC12CCc3cc(OC)ccc3C3C1CCCC2(C)CN3C(=O)OC(C)(C)C. The van der Waals surface area contributed by atoms with Crippen LogP contribution in [0.2, 0.25) is 0 Å². The van der Waals surface area contributed by atoms with E-state index in [-0.39, 0.29) is 23.0 Å². The van der Waals surface area contributed by atoms with E-state index in [1.807, 2.05) is 26.8 Å². The van der Waals surface area contributed by atoms with E-state index in [9.17, 15) is 4.79 Å². The molecule has 4 bridgehead atoms. The molecule has 2 aliphatic carbocycles. The maximum absolute atomic E-state index is 13.5. The van der Waals surface area contributed by atoms with Crippen molar-refractivity contribution in [2.45, 2.75) is 77.9 Å². The van der Waals surface area contributed by atoms with E-state index in [2.05, 4.69) is 36.6 Å². The predicted molar refractivity (Wildman–Crippen MR) is 120 cm³/mol. The lowest BCUT2D eigenvalue weighted by molar-refractivity contribution is -0.151. The summed E-state index contributed by atoms with van der Waals surface area (Å²) < 4.78 is 11.4. The first-order chi connectivity index (χ1) is 14.1. The molecule has 30 heavy (non-hydrogen) atoms. The van der Waals surface area contributed by atoms with Crippen LogP contribution < -0.4 is 4.74 Å². The maximum Gasteiger partial charge on any atom is 0.410 e. The lowest BCUT2D eigenvalue weighted by Crippen LogP contribution is -2.63. The number of likely N-dealkylation sites (tertiary alicyclic amines) is 1. The van der Waals surface area contributed by atoms with Crippen LogP contribution in [-0.4, -0.2) is 30.2 Å². The minimum absolute atomic E-state index is 0.0524. The fraction of sp³-hybridized carbons (Fsp3) is 0.654. The summed E-state index contributed by atoms with van der Waals surface area (Å²) in [4.78, 5) is 15.5. The summed E-state index contributed by atoms with van der Waals surface area (Å²) in [7, 11) is 1.72. The van der Waals surface area contributed by atoms with Crippen LogP contribution in [0.1, 0.15) is 77.0 Å². The number of carbonyl (C=O) groups is 1. The summed E-state index contributed by atoms with van der Waals surface area (Å²) in [6, 6.07) is 6.47. The number of ether oxygens (including phenoxy) is 2. The number of methoxy groups -OCH3 is 1. The summed E-state index contributed by atoms with van der Waals surface area (Å²) in [6.07, 6.45) is 8.64. The molecule has 4 unspecified atom stereocenters. The topological polar surface area (TPSA) is 38.8 Å². The Balaban J connectivity index is 1.87. The van der Waals surface area contributed by atoms with Crippen molar-refractivity contribution in [1.82, 2.24) is 4.90 Å². The number of allylic oxidation sites excluding steroid dienone is 1. The molecule has 4 nitrogen and oxygen atoms in total. The van der Waals surface area contributed by atoms with Crippen molar-refractivity contribution in [2.75, 3.05) is 13.7 Å². The molecule has 0 radical (unpaired) electrons. The number of aryl methyl sites for hydroxylation is 1. The van der Waals surface area contributed by atoms with Gasteiger partial charge in [0.05, 0.1) is 13.2 Å². The predicted octanol–water partition coefficient (Wildman–Crippen LogP) is 6.30. The first-order valence-electron chi connectivity index (χ1n) is 11.4. The highest BCUT2D eigenvalue weighted by molar-refractivity contribution is 5.70. The number of carbonyl (C=O) groups excluding carboxylic acids is 1. The van der Waals surface area contributed by atoms with Gasteiger partial charge < -0.3 is 14.4 Å². The van der Waals surface area contributed by atoms with E-state index in [0.717, 1.165) is 44.4 Å². The largest absolute Gasteiger partial charge is 0.497 e. The van der Waals surface area contributed by atoms with E-state index in [0.29, 0.717) is 5.92 Å².